The Kier molecular flexibility index (Phi) is 9.87. The van der Waals surface area contributed by atoms with E-state index in [2.05, 4.69) is 5.32 Å². The van der Waals surface area contributed by atoms with Gasteiger partial charge in [0, 0.05) is 37.3 Å². The van der Waals surface area contributed by atoms with E-state index in [0.29, 0.717) is 33.9 Å². The predicted molar refractivity (Wildman–Crippen MR) is 142 cm³/mol. The Bertz CT molecular complexity index is 1270. The van der Waals surface area contributed by atoms with E-state index in [1.807, 2.05) is 0 Å². The highest BCUT2D eigenvalue weighted by Gasteiger charge is 2.16. The SMILES string of the molecule is COc1ccc(C(=O)NCCN(C)C(=O)/C=C(/OC(=O)c2ccc(OC)cc2)c2ccc(OC)cc2)cc1. The van der Waals surface area contributed by atoms with Gasteiger partial charge < -0.3 is 29.2 Å². The minimum Gasteiger partial charge on any atom is -0.497 e. The lowest BCUT2D eigenvalue weighted by molar-refractivity contribution is -0.124. The van der Waals surface area contributed by atoms with E-state index in [1.54, 1.807) is 94.1 Å². The Morgan fingerprint density at radius 3 is 1.63 bits per heavy atom. The van der Waals surface area contributed by atoms with Crippen molar-refractivity contribution in [3.05, 3.63) is 95.6 Å². The molecule has 0 saturated carbocycles. The molecule has 198 valence electrons. The van der Waals surface area contributed by atoms with E-state index in [4.69, 9.17) is 18.9 Å². The molecule has 0 fully saturated rings. The van der Waals surface area contributed by atoms with Crippen LogP contribution in [0.3, 0.4) is 0 Å². The van der Waals surface area contributed by atoms with E-state index in [9.17, 15) is 14.4 Å². The number of benzene rings is 3. The monoisotopic (exact) mass is 518 g/mol. The van der Waals surface area contributed by atoms with Crippen molar-refractivity contribution < 1.29 is 33.3 Å². The number of hydrogen-bond acceptors (Lipinski definition) is 7. The molecule has 0 aliphatic rings. The quantitative estimate of drug-likeness (QED) is 0.234. The van der Waals surface area contributed by atoms with Gasteiger partial charge in [0.05, 0.1) is 26.9 Å². The number of esters is 1. The average molecular weight is 519 g/mol. The molecule has 38 heavy (non-hydrogen) atoms. The molecule has 3 rings (SSSR count). The molecule has 0 aliphatic heterocycles. The molecule has 0 saturated heterocycles. The van der Waals surface area contributed by atoms with Crippen LogP contribution in [0.25, 0.3) is 5.76 Å². The molecule has 0 aromatic heterocycles. The number of nitrogens with zero attached hydrogens (tertiary/aromatic N) is 1. The highest BCUT2D eigenvalue weighted by molar-refractivity contribution is 5.98. The van der Waals surface area contributed by atoms with Crippen molar-refractivity contribution in [2.45, 2.75) is 0 Å². The van der Waals surface area contributed by atoms with Crippen molar-refractivity contribution in [2.24, 2.45) is 0 Å². The summed E-state index contributed by atoms with van der Waals surface area (Å²) in [7, 11) is 6.22. The van der Waals surface area contributed by atoms with Crippen LogP contribution in [0.1, 0.15) is 26.3 Å². The second-order valence-corrected chi connectivity index (χ2v) is 8.10. The van der Waals surface area contributed by atoms with Crippen molar-refractivity contribution in [1.29, 1.82) is 0 Å². The molecule has 9 heteroatoms. The Balaban J connectivity index is 1.69. The summed E-state index contributed by atoms with van der Waals surface area (Å²) in [6.45, 7) is 0.462. The summed E-state index contributed by atoms with van der Waals surface area (Å²) in [6.07, 6.45) is 1.24. The van der Waals surface area contributed by atoms with Gasteiger partial charge >= 0.3 is 5.97 Å². The first-order chi connectivity index (χ1) is 18.3. The Morgan fingerprint density at radius 2 is 1.16 bits per heavy atom. The van der Waals surface area contributed by atoms with Gasteiger partial charge in [-0.25, -0.2) is 4.79 Å². The number of hydrogen-bond donors (Lipinski definition) is 1. The maximum Gasteiger partial charge on any atom is 0.343 e. The molecular weight excluding hydrogens is 488 g/mol. The molecule has 0 unspecified atom stereocenters. The number of carbonyl (C=O) groups excluding carboxylic acids is 3. The number of carbonyl (C=O) groups is 3. The van der Waals surface area contributed by atoms with Crippen LogP contribution < -0.4 is 19.5 Å². The smallest absolute Gasteiger partial charge is 0.343 e. The topological polar surface area (TPSA) is 103 Å². The molecule has 1 N–H and O–H groups in total. The maximum atomic E-state index is 13.0. The van der Waals surface area contributed by atoms with E-state index in [-0.39, 0.29) is 24.8 Å². The summed E-state index contributed by atoms with van der Waals surface area (Å²) in [5, 5.41) is 2.78. The van der Waals surface area contributed by atoms with Crippen LogP contribution in [0, 0.1) is 0 Å². The number of amides is 2. The fraction of sp³-hybridized carbons (Fsp3) is 0.207. The van der Waals surface area contributed by atoms with Gasteiger partial charge in [-0.3, -0.25) is 9.59 Å². The van der Waals surface area contributed by atoms with Crippen LogP contribution >= 0.6 is 0 Å². The van der Waals surface area contributed by atoms with E-state index < -0.39 is 11.9 Å². The Morgan fingerprint density at radius 1 is 0.711 bits per heavy atom. The Hall–Kier alpha value is -4.79. The molecule has 0 radical (unpaired) electrons. The average Bonchev–Trinajstić information content (AvgIpc) is 2.96. The number of nitrogens with one attached hydrogen (secondary N) is 1. The lowest BCUT2D eigenvalue weighted by atomic mass is 10.1. The molecule has 0 bridgehead atoms. The van der Waals surface area contributed by atoms with E-state index >= 15 is 0 Å². The molecule has 3 aromatic rings. The van der Waals surface area contributed by atoms with Gasteiger partial charge in [0.2, 0.25) is 5.91 Å². The first kappa shape index (κ1) is 27.8. The summed E-state index contributed by atoms with van der Waals surface area (Å²) in [4.78, 5) is 39.6. The summed E-state index contributed by atoms with van der Waals surface area (Å²) in [5.41, 5.74) is 1.29. The summed E-state index contributed by atoms with van der Waals surface area (Å²) in [6, 6.07) is 19.9. The van der Waals surface area contributed by atoms with Gasteiger partial charge in [0.1, 0.15) is 23.0 Å². The summed E-state index contributed by atoms with van der Waals surface area (Å²) in [5.74, 6) is 0.644. The number of rotatable bonds is 11. The Labute approximate surface area is 221 Å². The first-order valence-corrected chi connectivity index (χ1v) is 11.7. The highest BCUT2D eigenvalue weighted by Crippen LogP contribution is 2.22. The normalized spacial score (nSPS) is 10.8. The van der Waals surface area contributed by atoms with Gasteiger partial charge in [-0.1, -0.05) is 0 Å². The zero-order valence-corrected chi connectivity index (χ0v) is 21.7. The van der Waals surface area contributed by atoms with Crippen molar-refractivity contribution in [1.82, 2.24) is 10.2 Å². The minimum atomic E-state index is -0.628. The molecule has 0 spiro atoms. The molecule has 0 aliphatic carbocycles. The lowest BCUT2D eigenvalue weighted by Gasteiger charge is -2.17. The van der Waals surface area contributed by atoms with Crippen molar-refractivity contribution >= 4 is 23.5 Å². The zero-order chi connectivity index (χ0) is 27.5. The summed E-state index contributed by atoms with van der Waals surface area (Å²) < 4.78 is 21.0. The second-order valence-electron chi connectivity index (χ2n) is 8.10. The third kappa shape index (κ3) is 7.60. The molecule has 9 nitrogen and oxygen atoms in total. The standard InChI is InChI=1S/C29H30N2O7/c1-31(18-17-30-28(33)21-7-13-24(36-3)14-8-21)27(32)19-26(20-5-11-23(35-2)12-6-20)38-29(34)22-9-15-25(37-4)16-10-22/h5-16,19H,17-18H2,1-4H3,(H,30,33)/b26-19+. The fourth-order valence-corrected chi connectivity index (χ4v) is 3.33. The largest absolute Gasteiger partial charge is 0.497 e. The first-order valence-electron chi connectivity index (χ1n) is 11.7. The molecule has 0 heterocycles. The third-order valence-corrected chi connectivity index (χ3v) is 5.62. The number of likely N-dealkylation sites (N-methyl/N-ethyl adjacent to an activating group) is 1. The van der Waals surface area contributed by atoms with Crippen molar-refractivity contribution in [3.63, 3.8) is 0 Å². The zero-order valence-electron chi connectivity index (χ0n) is 21.7. The summed E-state index contributed by atoms with van der Waals surface area (Å²) >= 11 is 0. The molecule has 3 aromatic carbocycles. The van der Waals surface area contributed by atoms with Crippen molar-refractivity contribution in [2.75, 3.05) is 41.5 Å². The van der Waals surface area contributed by atoms with E-state index in [0.717, 1.165) is 0 Å². The van der Waals surface area contributed by atoms with Crippen LogP contribution in [0.2, 0.25) is 0 Å². The van der Waals surface area contributed by atoms with Gasteiger partial charge in [-0.05, 0) is 72.8 Å². The second kappa shape index (κ2) is 13.5. The van der Waals surface area contributed by atoms with Gasteiger partial charge in [-0.2, -0.15) is 0 Å². The number of methoxy groups -OCH3 is 3. The predicted octanol–water partition coefficient (Wildman–Crippen LogP) is 3.80. The van der Waals surface area contributed by atoms with Crippen LogP contribution in [-0.2, 0) is 9.53 Å². The van der Waals surface area contributed by atoms with Gasteiger partial charge in [0.15, 0.2) is 0 Å². The highest BCUT2D eigenvalue weighted by atomic mass is 16.5. The molecule has 0 atom stereocenters. The van der Waals surface area contributed by atoms with Crippen LogP contribution in [0.5, 0.6) is 17.2 Å². The van der Waals surface area contributed by atoms with Crippen LogP contribution in [0.4, 0.5) is 0 Å². The maximum absolute atomic E-state index is 13.0. The van der Waals surface area contributed by atoms with Crippen molar-refractivity contribution in [3.8, 4) is 17.2 Å². The van der Waals surface area contributed by atoms with Crippen LogP contribution in [-0.4, -0.2) is 64.2 Å². The minimum absolute atomic E-state index is 0.0765. The van der Waals surface area contributed by atoms with Gasteiger partial charge in [-0.15, -0.1) is 0 Å². The third-order valence-electron chi connectivity index (χ3n) is 5.62. The lowest BCUT2D eigenvalue weighted by Crippen LogP contribution is -2.35. The van der Waals surface area contributed by atoms with Gasteiger partial charge in [0.25, 0.3) is 5.91 Å². The van der Waals surface area contributed by atoms with E-state index in [1.165, 1.54) is 18.1 Å². The molecule has 2 amide bonds. The molecular formula is C29H30N2O7. The van der Waals surface area contributed by atoms with Crippen LogP contribution in [0.15, 0.2) is 78.9 Å². The fourth-order valence-electron chi connectivity index (χ4n) is 3.33. The number of ether oxygens (including phenoxy) is 4.